The molecule has 1 aromatic heterocycles. The third-order valence-corrected chi connectivity index (χ3v) is 3.48. The van der Waals surface area contributed by atoms with Gasteiger partial charge in [0.25, 0.3) is 0 Å². The molecule has 0 unspecified atom stereocenters. The zero-order valence-electron chi connectivity index (χ0n) is 11.0. The quantitative estimate of drug-likeness (QED) is 0.913. The van der Waals surface area contributed by atoms with Crippen LogP contribution >= 0.6 is 15.9 Å². The molecule has 7 heteroatoms. The van der Waals surface area contributed by atoms with Gasteiger partial charge in [0.15, 0.2) is 5.69 Å². The first kappa shape index (κ1) is 15.3. The molecule has 0 radical (unpaired) electrons. The minimum absolute atomic E-state index is 0.0643. The zero-order valence-corrected chi connectivity index (χ0v) is 12.6. The van der Waals surface area contributed by atoms with Crippen molar-refractivity contribution in [3.63, 3.8) is 0 Å². The van der Waals surface area contributed by atoms with E-state index in [-0.39, 0.29) is 18.5 Å². The Bertz CT molecular complexity index is 634. The normalized spacial score (nSPS) is 13.2. The highest BCUT2D eigenvalue weighted by Crippen LogP contribution is 2.35. The summed E-state index contributed by atoms with van der Waals surface area (Å²) < 4.78 is 41.0. The third-order valence-electron chi connectivity index (χ3n) is 2.99. The Morgan fingerprint density at radius 3 is 2.50 bits per heavy atom. The molecule has 0 aliphatic heterocycles. The van der Waals surface area contributed by atoms with Crippen LogP contribution < -0.4 is 0 Å². The van der Waals surface area contributed by atoms with Crippen molar-refractivity contribution >= 4 is 26.8 Å². The number of aliphatic hydroxyl groups excluding tert-OH is 1. The summed E-state index contributed by atoms with van der Waals surface area (Å²) in [4.78, 5) is 0. The molecule has 2 aromatic rings. The van der Waals surface area contributed by atoms with Crippen LogP contribution in [0.3, 0.4) is 0 Å². The van der Waals surface area contributed by atoms with E-state index in [2.05, 4.69) is 21.0 Å². The van der Waals surface area contributed by atoms with Crippen molar-refractivity contribution in [1.82, 2.24) is 9.78 Å². The fourth-order valence-electron chi connectivity index (χ4n) is 1.93. The molecule has 20 heavy (non-hydrogen) atoms. The van der Waals surface area contributed by atoms with E-state index in [1.165, 1.54) is 10.7 Å². The van der Waals surface area contributed by atoms with Crippen LogP contribution in [-0.2, 0) is 12.7 Å². The molecule has 0 saturated carbocycles. The number of hydrogen-bond acceptors (Lipinski definition) is 2. The van der Waals surface area contributed by atoms with Crippen LogP contribution in [-0.4, -0.2) is 21.5 Å². The van der Waals surface area contributed by atoms with Crippen molar-refractivity contribution in [2.75, 3.05) is 6.61 Å². The Kier molecular flexibility index (Phi) is 3.85. The first-order chi connectivity index (χ1) is 9.14. The Labute approximate surface area is 122 Å². The summed E-state index contributed by atoms with van der Waals surface area (Å²) in [7, 11) is 0. The molecule has 1 heterocycles. The monoisotopic (exact) mass is 350 g/mol. The Hall–Kier alpha value is -1.08. The van der Waals surface area contributed by atoms with E-state index < -0.39 is 17.3 Å². The average Bonchev–Trinajstić information content (AvgIpc) is 2.67. The summed E-state index contributed by atoms with van der Waals surface area (Å²) in [6.45, 7) is 3.60. The van der Waals surface area contributed by atoms with E-state index in [0.29, 0.717) is 9.99 Å². The molecular formula is C13H14BrF3N2O. The molecule has 0 aliphatic carbocycles. The average molecular weight is 351 g/mol. The number of aliphatic hydroxyl groups is 1. The maximum atomic E-state index is 13.0. The molecule has 0 bridgehead atoms. The Morgan fingerprint density at radius 1 is 1.30 bits per heavy atom. The van der Waals surface area contributed by atoms with Crippen molar-refractivity contribution in [1.29, 1.82) is 0 Å². The number of nitrogens with zero attached hydrogens (tertiary/aromatic N) is 2. The second-order valence-corrected chi connectivity index (χ2v) is 6.40. The van der Waals surface area contributed by atoms with E-state index >= 15 is 0 Å². The summed E-state index contributed by atoms with van der Waals surface area (Å²) in [5, 5.41) is 13.0. The topological polar surface area (TPSA) is 38.0 Å². The molecule has 0 saturated heterocycles. The SMILES string of the molecule is CC(C)(CO)Cn1nc(C(F)(F)F)c2ccc(Br)cc21. The highest BCUT2D eigenvalue weighted by Gasteiger charge is 2.37. The zero-order chi connectivity index (χ0) is 15.1. The maximum Gasteiger partial charge on any atom is 0.435 e. The second-order valence-electron chi connectivity index (χ2n) is 5.49. The van der Waals surface area contributed by atoms with Gasteiger partial charge in [0, 0.05) is 28.4 Å². The second kappa shape index (κ2) is 5.04. The maximum absolute atomic E-state index is 13.0. The van der Waals surface area contributed by atoms with Gasteiger partial charge in [-0.3, -0.25) is 4.68 Å². The van der Waals surface area contributed by atoms with Gasteiger partial charge in [0.05, 0.1) is 5.52 Å². The smallest absolute Gasteiger partial charge is 0.396 e. The van der Waals surface area contributed by atoms with Crippen LogP contribution in [0.5, 0.6) is 0 Å². The van der Waals surface area contributed by atoms with Crippen molar-refractivity contribution in [2.24, 2.45) is 5.41 Å². The molecule has 0 amide bonds. The number of rotatable bonds is 3. The number of hydrogen-bond donors (Lipinski definition) is 1. The van der Waals surface area contributed by atoms with Gasteiger partial charge in [-0.15, -0.1) is 0 Å². The fraction of sp³-hybridized carbons (Fsp3) is 0.462. The van der Waals surface area contributed by atoms with Gasteiger partial charge < -0.3 is 5.11 Å². The van der Waals surface area contributed by atoms with Crippen LogP contribution in [0, 0.1) is 5.41 Å². The van der Waals surface area contributed by atoms with Gasteiger partial charge in [0.2, 0.25) is 0 Å². The number of alkyl halides is 3. The van der Waals surface area contributed by atoms with Gasteiger partial charge >= 0.3 is 6.18 Å². The number of fused-ring (bicyclic) bond motifs is 1. The molecule has 2 rings (SSSR count). The summed E-state index contributed by atoms with van der Waals surface area (Å²) in [5.74, 6) is 0. The molecule has 0 atom stereocenters. The van der Waals surface area contributed by atoms with Crippen molar-refractivity contribution in [3.05, 3.63) is 28.4 Å². The lowest BCUT2D eigenvalue weighted by atomic mass is 9.95. The predicted octanol–water partition coefficient (Wildman–Crippen LogP) is 3.84. The number of aromatic nitrogens is 2. The Balaban J connectivity index is 2.63. The number of halogens is 4. The fourth-order valence-corrected chi connectivity index (χ4v) is 2.28. The first-order valence-electron chi connectivity index (χ1n) is 5.98. The molecule has 0 aliphatic rings. The highest BCUT2D eigenvalue weighted by molar-refractivity contribution is 9.10. The van der Waals surface area contributed by atoms with E-state index in [1.807, 2.05) is 0 Å². The van der Waals surface area contributed by atoms with Gasteiger partial charge in [-0.2, -0.15) is 18.3 Å². The molecule has 110 valence electrons. The lowest BCUT2D eigenvalue weighted by molar-refractivity contribution is -0.140. The standard InChI is InChI=1S/C13H14BrF3N2O/c1-12(2,7-20)6-19-10-5-8(14)3-4-9(10)11(18-19)13(15,16)17/h3-5,20H,6-7H2,1-2H3. The molecule has 0 spiro atoms. The molecule has 1 N–H and O–H groups in total. The lowest BCUT2D eigenvalue weighted by Crippen LogP contribution is -2.24. The van der Waals surface area contributed by atoms with Crippen molar-refractivity contribution < 1.29 is 18.3 Å². The Morgan fingerprint density at radius 2 is 1.95 bits per heavy atom. The van der Waals surface area contributed by atoms with E-state index in [4.69, 9.17) is 0 Å². The van der Waals surface area contributed by atoms with Gasteiger partial charge in [-0.1, -0.05) is 29.8 Å². The minimum Gasteiger partial charge on any atom is -0.396 e. The first-order valence-corrected chi connectivity index (χ1v) is 6.77. The van der Waals surface area contributed by atoms with Crippen molar-refractivity contribution in [2.45, 2.75) is 26.6 Å². The van der Waals surface area contributed by atoms with Gasteiger partial charge in [-0.05, 0) is 18.2 Å². The van der Waals surface area contributed by atoms with Gasteiger partial charge in [-0.25, -0.2) is 0 Å². The lowest BCUT2D eigenvalue weighted by Gasteiger charge is -2.21. The van der Waals surface area contributed by atoms with Crippen molar-refractivity contribution in [3.8, 4) is 0 Å². The van der Waals surface area contributed by atoms with E-state index in [1.54, 1.807) is 26.0 Å². The van der Waals surface area contributed by atoms with Crippen LogP contribution in [0.2, 0.25) is 0 Å². The summed E-state index contributed by atoms with van der Waals surface area (Å²) in [6, 6.07) is 4.56. The third kappa shape index (κ3) is 2.98. The molecule has 3 nitrogen and oxygen atoms in total. The van der Waals surface area contributed by atoms with E-state index in [0.717, 1.165) is 0 Å². The van der Waals surface area contributed by atoms with Gasteiger partial charge in [0.1, 0.15) is 0 Å². The van der Waals surface area contributed by atoms with Crippen LogP contribution in [0.4, 0.5) is 13.2 Å². The molecular weight excluding hydrogens is 337 g/mol. The molecule has 0 fully saturated rings. The van der Waals surface area contributed by atoms with Crippen LogP contribution in [0.15, 0.2) is 22.7 Å². The largest absolute Gasteiger partial charge is 0.435 e. The van der Waals surface area contributed by atoms with E-state index in [9.17, 15) is 18.3 Å². The number of benzene rings is 1. The molecule has 1 aromatic carbocycles. The highest BCUT2D eigenvalue weighted by atomic mass is 79.9. The predicted molar refractivity (Wildman–Crippen MR) is 73.3 cm³/mol. The van der Waals surface area contributed by atoms with Crippen LogP contribution in [0.1, 0.15) is 19.5 Å². The summed E-state index contributed by atoms with van der Waals surface area (Å²) >= 11 is 3.25. The summed E-state index contributed by atoms with van der Waals surface area (Å²) in [6.07, 6.45) is -4.50. The van der Waals surface area contributed by atoms with Crippen LogP contribution in [0.25, 0.3) is 10.9 Å². The minimum atomic E-state index is -4.50. The summed E-state index contributed by atoms with van der Waals surface area (Å²) in [5.41, 5.74) is -1.05.